The average molecular weight is 242 g/mol. The van der Waals surface area contributed by atoms with Gasteiger partial charge < -0.3 is 14.3 Å². The van der Waals surface area contributed by atoms with Gasteiger partial charge in [-0.15, -0.1) is 0 Å². The average Bonchev–Trinajstić information content (AvgIpc) is 2.27. The van der Waals surface area contributed by atoms with E-state index in [0.717, 1.165) is 24.8 Å². The van der Waals surface area contributed by atoms with Crippen LogP contribution in [0.1, 0.15) is 32.3 Å². The second kappa shape index (κ2) is 6.85. The van der Waals surface area contributed by atoms with Crippen LogP contribution in [-0.2, 0) is 6.42 Å². The van der Waals surface area contributed by atoms with Gasteiger partial charge in [-0.2, -0.15) is 0 Å². The smallest absolute Gasteiger partial charge is 0.391 e. The molecule has 0 spiro atoms. The van der Waals surface area contributed by atoms with E-state index < -0.39 is 8.60 Å². The third-order valence-electron chi connectivity index (χ3n) is 2.82. The van der Waals surface area contributed by atoms with Gasteiger partial charge in [-0.1, -0.05) is 44.9 Å². The Morgan fingerprint density at radius 1 is 1.19 bits per heavy atom. The molecule has 2 N–H and O–H groups in total. The molecular formula is C12H19O3P. The minimum Gasteiger partial charge on any atom is -0.427 e. The number of hydrogen-bond donors (Lipinski definition) is 2. The quantitative estimate of drug-likeness (QED) is 0.753. The zero-order chi connectivity index (χ0) is 12.0. The summed E-state index contributed by atoms with van der Waals surface area (Å²) in [4.78, 5) is 17.8. The summed E-state index contributed by atoms with van der Waals surface area (Å²) in [5.74, 6) is 1.21. The Labute approximate surface area is 98.1 Å². The Morgan fingerprint density at radius 3 is 2.38 bits per heavy atom. The molecule has 0 amide bonds. The van der Waals surface area contributed by atoms with Crippen molar-refractivity contribution in [2.45, 2.75) is 33.1 Å². The molecule has 0 aliphatic carbocycles. The largest absolute Gasteiger partial charge is 0.427 e. The van der Waals surface area contributed by atoms with E-state index >= 15 is 0 Å². The van der Waals surface area contributed by atoms with E-state index in [-0.39, 0.29) is 0 Å². The lowest BCUT2D eigenvalue weighted by Crippen LogP contribution is -2.03. The first-order valence-corrected chi connectivity index (χ1v) is 6.77. The highest BCUT2D eigenvalue weighted by Crippen LogP contribution is 2.33. The van der Waals surface area contributed by atoms with E-state index in [9.17, 15) is 0 Å². The molecule has 0 fully saturated rings. The molecule has 0 heterocycles. The van der Waals surface area contributed by atoms with Gasteiger partial charge in [-0.25, -0.2) is 0 Å². The fourth-order valence-corrected chi connectivity index (χ4v) is 2.09. The molecule has 0 atom stereocenters. The second-order valence-electron chi connectivity index (χ2n) is 3.84. The molecule has 3 nitrogen and oxygen atoms in total. The summed E-state index contributed by atoms with van der Waals surface area (Å²) >= 11 is 0. The molecule has 0 aliphatic heterocycles. The van der Waals surface area contributed by atoms with E-state index in [4.69, 9.17) is 14.3 Å². The highest BCUT2D eigenvalue weighted by atomic mass is 31.2. The predicted molar refractivity (Wildman–Crippen MR) is 66.2 cm³/mol. The van der Waals surface area contributed by atoms with Crippen LogP contribution in [0.15, 0.2) is 24.3 Å². The SMILES string of the molecule is CCC(CC)Cc1ccccc1OP(O)O. The summed E-state index contributed by atoms with van der Waals surface area (Å²) in [6.07, 6.45) is 3.17. The first kappa shape index (κ1) is 13.4. The van der Waals surface area contributed by atoms with E-state index in [2.05, 4.69) is 13.8 Å². The van der Waals surface area contributed by atoms with Crippen molar-refractivity contribution in [2.75, 3.05) is 0 Å². The lowest BCUT2D eigenvalue weighted by atomic mass is 9.94. The van der Waals surface area contributed by atoms with Crippen LogP contribution < -0.4 is 4.52 Å². The number of rotatable bonds is 6. The fraction of sp³-hybridized carbons (Fsp3) is 0.500. The first-order chi connectivity index (χ1) is 7.67. The van der Waals surface area contributed by atoms with Crippen molar-refractivity contribution in [3.8, 4) is 5.75 Å². The van der Waals surface area contributed by atoms with Crippen molar-refractivity contribution in [1.82, 2.24) is 0 Å². The minimum absolute atomic E-state index is 0.588. The molecule has 4 heteroatoms. The van der Waals surface area contributed by atoms with Crippen molar-refractivity contribution in [3.63, 3.8) is 0 Å². The van der Waals surface area contributed by atoms with Gasteiger partial charge in [0.15, 0.2) is 0 Å². The van der Waals surface area contributed by atoms with Gasteiger partial charge in [0.1, 0.15) is 5.75 Å². The van der Waals surface area contributed by atoms with Crippen LogP contribution >= 0.6 is 8.60 Å². The molecule has 0 aromatic heterocycles. The van der Waals surface area contributed by atoms with Crippen LogP contribution in [0.25, 0.3) is 0 Å². The highest BCUT2D eigenvalue weighted by Gasteiger charge is 2.11. The minimum atomic E-state index is -2.33. The monoisotopic (exact) mass is 242 g/mol. The predicted octanol–water partition coefficient (Wildman–Crippen LogP) is 3.26. The highest BCUT2D eigenvalue weighted by molar-refractivity contribution is 7.39. The first-order valence-electron chi connectivity index (χ1n) is 5.61. The second-order valence-corrected chi connectivity index (χ2v) is 4.53. The van der Waals surface area contributed by atoms with E-state index in [0.29, 0.717) is 11.7 Å². The van der Waals surface area contributed by atoms with Crippen molar-refractivity contribution >= 4 is 8.60 Å². The molecule has 0 radical (unpaired) electrons. The molecule has 0 aliphatic rings. The van der Waals surface area contributed by atoms with Gasteiger partial charge >= 0.3 is 8.60 Å². The van der Waals surface area contributed by atoms with Crippen molar-refractivity contribution in [2.24, 2.45) is 5.92 Å². The third kappa shape index (κ3) is 4.09. The molecule has 16 heavy (non-hydrogen) atoms. The molecular weight excluding hydrogens is 223 g/mol. The normalized spacial score (nSPS) is 11.1. The molecule has 1 aromatic carbocycles. The maximum absolute atomic E-state index is 8.88. The van der Waals surface area contributed by atoms with Crippen molar-refractivity contribution in [1.29, 1.82) is 0 Å². The van der Waals surface area contributed by atoms with Crippen LogP contribution in [0.3, 0.4) is 0 Å². The molecule has 1 rings (SSSR count). The summed E-state index contributed by atoms with van der Waals surface area (Å²) in [6, 6.07) is 7.54. The molecule has 0 saturated carbocycles. The zero-order valence-corrected chi connectivity index (χ0v) is 10.7. The van der Waals surface area contributed by atoms with Crippen LogP contribution in [0.4, 0.5) is 0 Å². The maximum atomic E-state index is 8.88. The lowest BCUT2D eigenvalue weighted by Gasteiger charge is -2.15. The number of para-hydroxylation sites is 1. The van der Waals surface area contributed by atoms with E-state index in [1.165, 1.54) is 0 Å². The maximum Gasteiger partial charge on any atom is 0.391 e. The molecule has 0 saturated heterocycles. The van der Waals surface area contributed by atoms with Crippen molar-refractivity contribution < 1.29 is 14.3 Å². The molecule has 90 valence electrons. The van der Waals surface area contributed by atoms with Gasteiger partial charge in [0.2, 0.25) is 0 Å². The van der Waals surface area contributed by atoms with Gasteiger partial charge in [-0.3, -0.25) is 0 Å². The zero-order valence-electron chi connectivity index (χ0n) is 9.76. The van der Waals surface area contributed by atoms with Crippen LogP contribution in [-0.4, -0.2) is 9.79 Å². The van der Waals surface area contributed by atoms with Gasteiger partial charge in [-0.05, 0) is 24.0 Å². The van der Waals surface area contributed by atoms with Crippen LogP contribution in [0.2, 0.25) is 0 Å². The summed E-state index contributed by atoms with van der Waals surface area (Å²) in [6.45, 7) is 4.34. The lowest BCUT2D eigenvalue weighted by molar-refractivity contribution is 0.371. The topological polar surface area (TPSA) is 49.7 Å². The van der Waals surface area contributed by atoms with Crippen LogP contribution in [0.5, 0.6) is 5.75 Å². The summed E-state index contributed by atoms with van der Waals surface area (Å²) in [5, 5.41) is 0. The Hall–Kier alpha value is -0.630. The summed E-state index contributed by atoms with van der Waals surface area (Å²) in [5.41, 5.74) is 1.05. The molecule has 1 aromatic rings. The Balaban J connectivity index is 2.77. The molecule has 0 unspecified atom stereocenters. The van der Waals surface area contributed by atoms with Crippen molar-refractivity contribution in [3.05, 3.63) is 29.8 Å². The van der Waals surface area contributed by atoms with E-state index in [1.54, 1.807) is 6.07 Å². The van der Waals surface area contributed by atoms with E-state index in [1.807, 2.05) is 18.2 Å². The standard InChI is InChI=1S/C12H19O3P/c1-3-10(4-2)9-11-7-5-6-8-12(11)15-16(13)14/h5-8,10,13-14H,3-4,9H2,1-2H3. The van der Waals surface area contributed by atoms with Gasteiger partial charge in [0.25, 0.3) is 0 Å². The Kier molecular flexibility index (Phi) is 5.75. The summed E-state index contributed by atoms with van der Waals surface area (Å²) < 4.78 is 5.01. The summed E-state index contributed by atoms with van der Waals surface area (Å²) in [7, 11) is -2.33. The number of benzene rings is 1. The third-order valence-corrected chi connectivity index (χ3v) is 3.18. The fourth-order valence-electron chi connectivity index (χ4n) is 1.74. The Morgan fingerprint density at radius 2 is 1.81 bits per heavy atom. The Bertz CT molecular complexity index is 311. The number of hydrogen-bond acceptors (Lipinski definition) is 3. The van der Waals surface area contributed by atoms with Gasteiger partial charge in [0, 0.05) is 0 Å². The molecule has 0 bridgehead atoms. The van der Waals surface area contributed by atoms with Crippen LogP contribution in [0, 0.1) is 5.92 Å². The van der Waals surface area contributed by atoms with Gasteiger partial charge in [0.05, 0.1) is 0 Å².